The van der Waals surface area contributed by atoms with Crippen LogP contribution in [0.25, 0.3) is 0 Å². The van der Waals surface area contributed by atoms with E-state index in [0.717, 1.165) is 43.7 Å². The largest absolute Gasteiger partial charge is 0.361 e. The standard InChI is InChI=1S/C13H18N2O2/c1-9-8-11(14-17-9)12-6-3-7-15(12)13(16)10-4-2-5-10/h8,10,12H,2-7H2,1H3. The second-order valence-corrected chi connectivity index (χ2v) is 5.18. The van der Waals surface area contributed by atoms with Crippen LogP contribution in [-0.4, -0.2) is 22.5 Å². The molecule has 1 atom stereocenters. The Morgan fingerprint density at radius 2 is 2.24 bits per heavy atom. The van der Waals surface area contributed by atoms with E-state index >= 15 is 0 Å². The maximum absolute atomic E-state index is 12.3. The van der Waals surface area contributed by atoms with Gasteiger partial charge in [0, 0.05) is 18.5 Å². The number of amides is 1. The zero-order chi connectivity index (χ0) is 11.8. The van der Waals surface area contributed by atoms with Crippen LogP contribution in [0.4, 0.5) is 0 Å². The van der Waals surface area contributed by atoms with Gasteiger partial charge in [-0.25, -0.2) is 0 Å². The molecular weight excluding hydrogens is 216 g/mol. The van der Waals surface area contributed by atoms with E-state index < -0.39 is 0 Å². The molecule has 1 unspecified atom stereocenters. The lowest BCUT2D eigenvalue weighted by atomic mass is 9.84. The van der Waals surface area contributed by atoms with E-state index in [1.54, 1.807) is 0 Å². The van der Waals surface area contributed by atoms with E-state index in [2.05, 4.69) is 5.16 Å². The monoisotopic (exact) mass is 234 g/mol. The second-order valence-electron chi connectivity index (χ2n) is 5.18. The van der Waals surface area contributed by atoms with E-state index in [9.17, 15) is 4.79 Å². The average Bonchev–Trinajstić information content (AvgIpc) is 2.81. The number of carbonyl (C=O) groups is 1. The third kappa shape index (κ3) is 1.85. The van der Waals surface area contributed by atoms with Crippen molar-refractivity contribution in [3.05, 3.63) is 17.5 Å². The smallest absolute Gasteiger partial charge is 0.226 e. The minimum atomic E-state index is 0.153. The Morgan fingerprint density at radius 3 is 2.82 bits per heavy atom. The van der Waals surface area contributed by atoms with Crippen molar-refractivity contribution in [2.24, 2.45) is 5.92 Å². The Morgan fingerprint density at radius 1 is 1.41 bits per heavy atom. The summed E-state index contributed by atoms with van der Waals surface area (Å²) in [5, 5.41) is 4.06. The summed E-state index contributed by atoms with van der Waals surface area (Å²) in [5.74, 6) is 1.44. The summed E-state index contributed by atoms with van der Waals surface area (Å²) < 4.78 is 5.12. The summed E-state index contributed by atoms with van der Waals surface area (Å²) >= 11 is 0. The third-order valence-electron chi connectivity index (χ3n) is 3.98. The van der Waals surface area contributed by atoms with E-state index in [-0.39, 0.29) is 12.0 Å². The Hall–Kier alpha value is -1.32. The van der Waals surface area contributed by atoms with Crippen molar-refractivity contribution < 1.29 is 9.32 Å². The number of likely N-dealkylation sites (tertiary alicyclic amines) is 1. The summed E-state index contributed by atoms with van der Waals surface area (Å²) in [7, 11) is 0. The van der Waals surface area contributed by atoms with Gasteiger partial charge in [0.15, 0.2) is 0 Å². The molecule has 1 amide bonds. The Labute approximate surface area is 101 Å². The van der Waals surface area contributed by atoms with Gasteiger partial charge in [0.2, 0.25) is 5.91 Å². The lowest BCUT2D eigenvalue weighted by Crippen LogP contribution is -2.38. The minimum absolute atomic E-state index is 0.153. The molecule has 1 aromatic rings. The van der Waals surface area contributed by atoms with Crippen LogP contribution < -0.4 is 0 Å². The summed E-state index contributed by atoms with van der Waals surface area (Å²) in [5.41, 5.74) is 0.924. The van der Waals surface area contributed by atoms with Gasteiger partial charge in [-0.2, -0.15) is 0 Å². The lowest BCUT2D eigenvalue weighted by Gasteiger charge is -2.32. The molecule has 0 bridgehead atoms. The molecule has 0 spiro atoms. The van der Waals surface area contributed by atoms with Gasteiger partial charge in [0.1, 0.15) is 11.5 Å². The number of rotatable bonds is 2. The topological polar surface area (TPSA) is 46.3 Å². The van der Waals surface area contributed by atoms with Crippen molar-refractivity contribution in [3.63, 3.8) is 0 Å². The quantitative estimate of drug-likeness (QED) is 0.789. The van der Waals surface area contributed by atoms with Crippen molar-refractivity contribution in [2.75, 3.05) is 6.54 Å². The molecule has 4 nitrogen and oxygen atoms in total. The van der Waals surface area contributed by atoms with Crippen LogP contribution in [-0.2, 0) is 4.79 Å². The highest BCUT2D eigenvalue weighted by Crippen LogP contribution is 2.36. The molecule has 1 aliphatic heterocycles. The molecule has 0 aromatic carbocycles. The highest BCUT2D eigenvalue weighted by atomic mass is 16.5. The molecule has 92 valence electrons. The minimum Gasteiger partial charge on any atom is -0.361 e. The van der Waals surface area contributed by atoms with Crippen molar-refractivity contribution >= 4 is 5.91 Å². The van der Waals surface area contributed by atoms with Crippen LogP contribution >= 0.6 is 0 Å². The van der Waals surface area contributed by atoms with Crippen LogP contribution in [0.3, 0.4) is 0 Å². The molecule has 1 aliphatic carbocycles. The molecule has 2 heterocycles. The van der Waals surface area contributed by atoms with Crippen molar-refractivity contribution in [2.45, 2.75) is 45.1 Å². The lowest BCUT2D eigenvalue weighted by molar-refractivity contribution is -0.139. The molecule has 17 heavy (non-hydrogen) atoms. The average molecular weight is 234 g/mol. The fourth-order valence-electron chi connectivity index (χ4n) is 2.77. The van der Waals surface area contributed by atoms with E-state index in [4.69, 9.17) is 4.52 Å². The number of aromatic nitrogens is 1. The number of hydrogen-bond donors (Lipinski definition) is 0. The molecular formula is C13H18N2O2. The van der Waals surface area contributed by atoms with Crippen LogP contribution in [0.1, 0.15) is 49.6 Å². The number of aryl methyl sites for hydroxylation is 1. The summed E-state index contributed by atoms with van der Waals surface area (Å²) in [6, 6.07) is 2.11. The SMILES string of the molecule is Cc1cc(C2CCCN2C(=O)C2CCC2)no1. The molecule has 3 rings (SSSR count). The molecule has 0 radical (unpaired) electrons. The predicted octanol–water partition coefficient (Wildman–Crippen LogP) is 2.45. The van der Waals surface area contributed by atoms with E-state index in [0.29, 0.717) is 5.91 Å². The zero-order valence-electron chi connectivity index (χ0n) is 10.2. The fourth-order valence-corrected chi connectivity index (χ4v) is 2.77. The molecule has 4 heteroatoms. The van der Waals surface area contributed by atoms with Crippen molar-refractivity contribution in [3.8, 4) is 0 Å². The highest BCUT2D eigenvalue weighted by Gasteiger charge is 2.37. The molecule has 1 saturated heterocycles. The van der Waals surface area contributed by atoms with Gasteiger partial charge in [0.05, 0.1) is 6.04 Å². The van der Waals surface area contributed by atoms with Crippen LogP contribution in [0, 0.1) is 12.8 Å². The Bertz CT molecular complexity index is 423. The fraction of sp³-hybridized carbons (Fsp3) is 0.692. The predicted molar refractivity (Wildman–Crippen MR) is 62.3 cm³/mol. The third-order valence-corrected chi connectivity index (χ3v) is 3.98. The number of nitrogens with zero attached hydrogens (tertiary/aromatic N) is 2. The number of hydrogen-bond acceptors (Lipinski definition) is 3. The van der Waals surface area contributed by atoms with Gasteiger partial charge in [-0.1, -0.05) is 11.6 Å². The van der Waals surface area contributed by atoms with Gasteiger partial charge in [0.25, 0.3) is 0 Å². The summed E-state index contributed by atoms with van der Waals surface area (Å²) in [6.07, 6.45) is 5.44. The normalized spacial score (nSPS) is 25.0. The zero-order valence-corrected chi connectivity index (χ0v) is 10.2. The maximum atomic E-state index is 12.3. The first-order chi connectivity index (χ1) is 8.25. The van der Waals surface area contributed by atoms with Gasteiger partial charge in [-0.3, -0.25) is 4.79 Å². The Balaban J connectivity index is 1.77. The highest BCUT2D eigenvalue weighted by molar-refractivity contribution is 5.80. The summed E-state index contributed by atoms with van der Waals surface area (Å²) in [4.78, 5) is 14.3. The first-order valence-electron chi connectivity index (χ1n) is 6.49. The first kappa shape index (κ1) is 10.8. The van der Waals surface area contributed by atoms with E-state index in [1.165, 1.54) is 6.42 Å². The summed E-state index contributed by atoms with van der Waals surface area (Å²) in [6.45, 7) is 2.77. The van der Waals surface area contributed by atoms with E-state index in [1.807, 2.05) is 17.9 Å². The molecule has 1 saturated carbocycles. The van der Waals surface area contributed by atoms with Gasteiger partial charge < -0.3 is 9.42 Å². The molecule has 2 aliphatic rings. The van der Waals surface area contributed by atoms with Crippen molar-refractivity contribution in [1.29, 1.82) is 0 Å². The molecule has 1 aromatic heterocycles. The number of carbonyl (C=O) groups excluding carboxylic acids is 1. The van der Waals surface area contributed by atoms with Crippen LogP contribution in [0.15, 0.2) is 10.6 Å². The van der Waals surface area contributed by atoms with Gasteiger partial charge in [-0.15, -0.1) is 0 Å². The molecule has 2 fully saturated rings. The second kappa shape index (κ2) is 4.17. The molecule has 0 N–H and O–H groups in total. The Kier molecular flexibility index (Phi) is 2.65. The van der Waals surface area contributed by atoms with Crippen LogP contribution in [0.5, 0.6) is 0 Å². The first-order valence-corrected chi connectivity index (χ1v) is 6.49. The van der Waals surface area contributed by atoms with Gasteiger partial charge >= 0.3 is 0 Å². The maximum Gasteiger partial charge on any atom is 0.226 e. The van der Waals surface area contributed by atoms with Crippen molar-refractivity contribution in [1.82, 2.24) is 10.1 Å². The van der Waals surface area contributed by atoms with Gasteiger partial charge in [-0.05, 0) is 32.6 Å². The van der Waals surface area contributed by atoms with Crippen LogP contribution in [0.2, 0.25) is 0 Å².